The molecule has 2 aliphatic carbocycles. The highest BCUT2D eigenvalue weighted by Crippen LogP contribution is 2.52. The third kappa shape index (κ3) is 3.88. The van der Waals surface area contributed by atoms with Gasteiger partial charge in [-0.15, -0.1) is 0 Å². The van der Waals surface area contributed by atoms with Crippen LogP contribution in [-0.2, 0) is 4.79 Å². The van der Waals surface area contributed by atoms with E-state index in [9.17, 15) is 9.90 Å². The van der Waals surface area contributed by atoms with Gasteiger partial charge in [-0.1, -0.05) is 62.2 Å². The van der Waals surface area contributed by atoms with E-state index >= 15 is 0 Å². The summed E-state index contributed by atoms with van der Waals surface area (Å²) in [6.07, 6.45) is 12.9. The quantitative estimate of drug-likeness (QED) is 0.501. The molecule has 0 heterocycles. The van der Waals surface area contributed by atoms with Crippen molar-refractivity contribution in [2.24, 2.45) is 11.3 Å². The summed E-state index contributed by atoms with van der Waals surface area (Å²) in [4.78, 5) is 12.6. The Morgan fingerprint density at radius 2 is 1.96 bits per heavy atom. The summed E-state index contributed by atoms with van der Waals surface area (Å²) in [7, 11) is 0. The number of nitrogens with one attached hydrogen (secondary N) is 1. The smallest absolute Gasteiger partial charge is 0.310 e. The first kappa shape index (κ1) is 19.2. The van der Waals surface area contributed by atoms with Gasteiger partial charge >= 0.3 is 5.97 Å². The molecule has 0 spiro atoms. The Morgan fingerprint density at radius 3 is 2.62 bits per heavy atom. The Bertz CT molecular complexity index is 606. The summed E-state index contributed by atoms with van der Waals surface area (Å²) in [6, 6.07) is 10.9. The molecule has 3 heteroatoms. The van der Waals surface area contributed by atoms with E-state index in [-0.39, 0.29) is 11.8 Å². The molecule has 2 N–H and O–H groups in total. The van der Waals surface area contributed by atoms with Crippen molar-refractivity contribution in [3.05, 3.63) is 48.0 Å². The second-order valence-corrected chi connectivity index (χ2v) is 8.03. The molecule has 0 aromatic heterocycles. The zero-order chi connectivity index (χ0) is 18.4. The van der Waals surface area contributed by atoms with E-state index in [2.05, 4.69) is 36.5 Å². The van der Waals surface area contributed by atoms with E-state index in [0.717, 1.165) is 32.2 Å². The average Bonchev–Trinajstić information content (AvgIpc) is 3.19. The van der Waals surface area contributed by atoms with Crippen LogP contribution in [0.1, 0.15) is 69.8 Å². The monoisotopic (exact) mass is 355 g/mol. The second-order valence-electron chi connectivity index (χ2n) is 8.03. The minimum absolute atomic E-state index is 0.0580. The lowest BCUT2D eigenvalue weighted by Gasteiger charge is -2.44. The van der Waals surface area contributed by atoms with Crippen LogP contribution in [-0.4, -0.2) is 23.7 Å². The Balaban J connectivity index is 1.78. The highest BCUT2D eigenvalue weighted by atomic mass is 16.4. The van der Waals surface area contributed by atoms with E-state index < -0.39 is 11.4 Å². The normalized spacial score (nSPS) is 29.1. The van der Waals surface area contributed by atoms with Gasteiger partial charge in [-0.05, 0) is 56.6 Å². The topological polar surface area (TPSA) is 49.3 Å². The SMILES string of the molecule is CCC1C=CCC(c2ccccc2)C1(CCCNC1CCCC1)C(=O)O. The van der Waals surface area contributed by atoms with E-state index in [1.165, 1.54) is 31.2 Å². The molecule has 0 bridgehead atoms. The maximum atomic E-state index is 12.6. The number of carboxylic acids is 1. The van der Waals surface area contributed by atoms with Gasteiger partial charge in [0.1, 0.15) is 0 Å². The van der Waals surface area contributed by atoms with Crippen molar-refractivity contribution in [3.8, 4) is 0 Å². The van der Waals surface area contributed by atoms with Crippen LogP contribution in [0.4, 0.5) is 0 Å². The highest BCUT2D eigenvalue weighted by Gasteiger charge is 2.51. The van der Waals surface area contributed by atoms with Crippen LogP contribution in [0.5, 0.6) is 0 Å². The van der Waals surface area contributed by atoms with Gasteiger partial charge in [-0.2, -0.15) is 0 Å². The van der Waals surface area contributed by atoms with Crippen molar-refractivity contribution in [2.45, 2.75) is 70.3 Å². The van der Waals surface area contributed by atoms with Crippen LogP contribution < -0.4 is 5.32 Å². The molecule has 0 aliphatic heterocycles. The minimum atomic E-state index is -0.692. The first-order valence-electron chi connectivity index (χ1n) is 10.4. The van der Waals surface area contributed by atoms with Crippen LogP contribution in [0, 0.1) is 11.3 Å². The Hall–Kier alpha value is -1.61. The van der Waals surface area contributed by atoms with Crippen LogP contribution in [0.15, 0.2) is 42.5 Å². The molecule has 0 radical (unpaired) electrons. The molecule has 1 aromatic carbocycles. The van der Waals surface area contributed by atoms with Gasteiger partial charge in [0, 0.05) is 12.0 Å². The van der Waals surface area contributed by atoms with E-state index in [1.54, 1.807) is 0 Å². The molecule has 1 aromatic rings. The van der Waals surface area contributed by atoms with E-state index in [1.807, 2.05) is 18.2 Å². The molecule has 26 heavy (non-hydrogen) atoms. The predicted octanol–water partition coefficient (Wildman–Crippen LogP) is 5.14. The summed E-state index contributed by atoms with van der Waals surface area (Å²) >= 11 is 0. The summed E-state index contributed by atoms with van der Waals surface area (Å²) in [5, 5.41) is 14.0. The lowest BCUT2D eigenvalue weighted by molar-refractivity contribution is -0.155. The second kappa shape index (κ2) is 8.85. The maximum Gasteiger partial charge on any atom is 0.310 e. The summed E-state index contributed by atoms with van der Waals surface area (Å²) in [5.41, 5.74) is 0.476. The molecule has 0 amide bonds. The van der Waals surface area contributed by atoms with Gasteiger partial charge in [0.15, 0.2) is 0 Å². The standard InChI is InChI=1S/C23H33NO2/c1-2-19-12-8-15-21(18-10-4-3-5-11-18)23(19,22(25)26)16-9-17-24-20-13-6-7-14-20/h3-5,8,10-12,19-21,24H,2,6-7,9,13-17H2,1H3,(H,25,26). The van der Waals surface area contributed by atoms with E-state index in [0.29, 0.717) is 6.04 Å². The third-order valence-corrected chi connectivity index (χ3v) is 6.62. The summed E-state index contributed by atoms with van der Waals surface area (Å²) in [5.74, 6) is -0.462. The Kier molecular flexibility index (Phi) is 6.53. The molecule has 3 unspecified atom stereocenters. The number of hydrogen-bond acceptors (Lipinski definition) is 2. The zero-order valence-corrected chi connectivity index (χ0v) is 16.0. The number of carboxylic acid groups (broad SMARTS) is 1. The van der Waals surface area contributed by atoms with Crippen LogP contribution in [0.3, 0.4) is 0 Å². The maximum absolute atomic E-state index is 12.6. The van der Waals surface area contributed by atoms with Crippen LogP contribution in [0.2, 0.25) is 0 Å². The molecule has 1 fully saturated rings. The molecular formula is C23H33NO2. The number of hydrogen-bond donors (Lipinski definition) is 2. The number of allylic oxidation sites excluding steroid dienone is 2. The third-order valence-electron chi connectivity index (χ3n) is 6.62. The van der Waals surface area contributed by atoms with Gasteiger partial charge in [0.05, 0.1) is 5.41 Å². The van der Waals surface area contributed by atoms with Crippen molar-refractivity contribution in [2.75, 3.05) is 6.54 Å². The highest BCUT2D eigenvalue weighted by molar-refractivity contribution is 5.77. The number of carbonyl (C=O) groups is 1. The molecule has 2 aliphatic rings. The number of rotatable bonds is 8. The van der Waals surface area contributed by atoms with Gasteiger partial charge in [0.2, 0.25) is 0 Å². The molecule has 0 saturated heterocycles. The van der Waals surface area contributed by atoms with Crippen molar-refractivity contribution in [1.82, 2.24) is 5.32 Å². The predicted molar refractivity (Wildman–Crippen MR) is 106 cm³/mol. The van der Waals surface area contributed by atoms with Crippen molar-refractivity contribution < 1.29 is 9.90 Å². The number of benzene rings is 1. The molecule has 3 atom stereocenters. The fourth-order valence-corrected chi connectivity index (χ4v) is 5.23. The number of aliphatic carboxylic acids is 1. The lowest BCUT2D eigenvalue weighted by atomic mass is 9.58. The first-order valence-corrected chi connectivity index (χ1v) is 10.4. The van der Waals surface area contributed by atoms with Gasteiger partial charge in [0.25, 0.3) is 0 Å². The molecule has 1 saturated carbocycles. The zero-order valence-electron chi connectivity index (χ0n) is 16.0. The summed E-state index contributed by atoms with van der Waals surface area (Å²) < 4.78 is 0. The van der Waals surface area contributed by atoms with Gasteiger partial charge < -0.3 is 10.4 Å². The molecule has 142 valence electrons. The van der Waals surface area contributed by atoms with Crippen LogP contribution >= 0.6 is 0 Å². The fraction of sp³-hybridized carbons (Fsp3) is 0.609. The first-order chi connectivity index (χ1) is 12.7. The molecular weight excluding hydrogens is 322 g/mol. The lowest BCUT2D eigenvalue weighted by Crippen LogP contribution is -2.45. The van der Waals surface area contributed by atoms with Crippen LogP contribution in [0.25, 0.3) is 0 Å². The minimum Gasteiger partial charge on any atom is -0.481 e. The fourth-order valence-electron chi connectivity index (χ4n) is 5.23. The van der Waals surface area contributed by atoms with Crippen molar-refractivity contribution in [3.63, 3.8) is 0 Å². The van der Waals surface area contributed by atoms with Crippen molar-refractivity contribution in [1.29, 1.82) is 0 Å². The summed E-state index contributed by atoms with van der Waals surface area (Å²) in [6.45, 7) is 3.05. The molecule has 3 rings (SSSR count). The van der Waals surface area contributed by atoms with Crippen molar-refractivity contribution >= 4 is 5.97 Å². The Labute approximate surface area is 157 Å². The van der Waals surface area contributed by atoms with Gasteiger partial charge in [-0.25, -0.2) is 0 Å². The largest absolute Gasteiger partial charge is 0.481 e. The average molecular weight is 356 g/mol. The van der Waals surface area contributed by atoms with E-state index in [4.69, 9.17) is 0 Å². The van der Waals surface area contributed by atoms with Gasteiger partial charge in [-0.3, -0.25) is 4.79 Å². The molecule has 3 nitrogen and oxygen atoms in total. The Morgan fingerprint density at radius 1 is 1.23 bits per heavy atom.